The van der Waals surface area contributed by atoms with Crippen molar-refractivity contribution in [3.05, 3.63) is 107 Å². The Bertz CT molecular complexity index is 1450. The number of esters is 1. The number of ether oxygens (including phenoxy) is 4. The summed E-state index contributed by atoms with van der Waals surface area (Å²) >= 11 is 14.1. The van der Waals surface area contributed by atoms with Crippen molar-refractivity contribution in [1.29, 1.82) is 0 Å². The van der Waals surface area contributed by atoms with Crippen molar-refractivity contribution in [2.45, 2.75) is 6.10 Å². The predicted molar refractivity (Wildman–Crippen MR) is 165 cm³/mol. The summed E-state index contributed by atoms with van der Waals surface area (Å²) < 4.78 is 24.7. The molecule has 1 heterocycles. The van der Waals surface area contributed by atoms with Gasteiger partial charge in [0.05, 0.1) is 37.7 Å². The van der Waals surface area contributed by atoms with Gasteiger partial charge in [-0.2, -0.15) is 0 Å². The van der Waals surface area contributed by atoms with E-state index < -0.39 is 12.1 Å². The van der Waals surface area contributed by atoms with Crippen molar-refractivity contribution < 1.29 is 28.8 Å². The molecule has 1 aliphatic rings. The lowest BCUT2D eigenvalue weighted by Crippen LogP contribution is -2.10. The standard InChI is InChI=1S/C29H22Br4O6/c1-4-9-38-28-21(32)11-16(12-22(28)33)24-23(10-15-5-7-18(36-2)8-6-15)39-29(35)25(24)26(34)17-13-19(30)27(37-3)20(31)14-17/h4-8,10-14,26,34H,1,9H2,2-3H3/b23-10-. The van der Waals surface area contributed by atoms with Gasteiger partial charge in [0, 0.05) is 5.57 Å². The van der Waals surface area contributed by atoms with Crippen molar-refractivity contribution in [2.24, 2.45) is 0 Å². The van der Waals surface area contributed by atoms with E-state index >= 15 is 0 Å². The van der Waals surface area contributed by atoms with Crippen LogP contribution in [0, 0.1) is 0 Å². The van der Waals surface area contributed by atoms with Crippen LogP contribution >= 0.6 is 63.7 Å². The van der Waals surface area contributed by atoms with Gasteiger partial charge in [-0.15, -0.1) is 0 Å². The van der Waals surface area contributed by atoms with E-state index in [0.717, 1.165) is 5.56 Å². The summed E-state index contributed by atoms with van der Waals surface area (Å²) in [5, 5.41) is 11.6. The van der Waals surface area contributed by atoms with Crippen LogP contribution in [-0.2, 0) is 9.53 Å². The number of benzene rings is 3. The van der Waals surface area contributed by atoms with Crippen LogP contribution in [0.2, 0.25) is 0 Å². The molecular formula is C29H22Br4O6. The molecule has 1 N–H and O–H groups in total. The largest absolute Gasteiger partial charge is 0.497 e. The lowest BCUT2D eigenvalue weighted by Gasteiger charge is -2.16. The van der Waals surface area contributed by atoms with Crippen LogP contribution in [0.5, 0.6) is 17.2 Å². The molecule has 1 atom stereocenters. The third-order valence-corrected chi connectivity index (χ3v) is 8.15. The monoisotopic (exact) mass is 782 g/mol. The molecule has 1 unspecified atom stereocenters. The van der Waals surface area contributed by atoms with Crippen molar-refractivity contribution >= 4 is 81.3 Å². The van der Waals surface area contributed by atoms with Crippen molar-refractivity contribution in [2.75, 3.05) is 20.8 Å². The molecule has 0 amide bonds. The summed E-state index contributed by atoms with van der Waals surface area (Å²) in [7, 11) is 3.14. The summed E-state index contributed by atoms with van der Waals surface area (Å²) in [6, 6.07) is 14.4. The van der Waals surface area contributed by atoms with E-state index in [1.54, 1.807) is 38.5 Å². The SMILES string of the molecule is C=CCOc1c(Br)cc(C2=C(C(O)c3cc(Br)c(OC)c(Br)c3)C(=O)O/C2=C\c2ccc(OC)cc2)cc1Br. The highest BCUT2D eigenvalue weighted by Crippen LogP contribution is 2.46. The smallest absolute Gasteiger partial charge is 0.343 e. The van der Waals surface area contributed by atoms with E-state index in [9.17, 15) is 9.90 Å². The van der Waals surface area contributed by atoms with Gasteiger partial charge in [0.15, 0.2) is 0 Å². The van der Waals surface area contributed by atoms with Gasteiger partial charge in [-0.25, -0.2) is 4.79 Å². The zero-order valence-electron chi connectivity index (χ0n) is 20.8. The molecule has 4 rings (SSSR count). The molecule has 0 fully saturated rings. The molecule has 0 saturated carbocycles. The highest BCUT2D eigenvalue weighted by atomic mass is 79.9. The van der Waals surface area contributed by atoms with E-state index in [2.05, 4.69) is 70.3 Å². The summed E-state index contributed by atoms with van der Waals surface area (Å²) in [6.45, 7) is 4.01. The molecule has 3 aromatic rings. The Morgan fingerprint density at radius 1 is 0.923 bits per heavy atom. The molecular weight excluding hydrogens is 764 g/mol. The first kappa shape index (κ1) is 29.6. The number of carbonyl (C=O) groups excluding carboxylic acids is 1. The van der Waals surface area contributed by atoms with Gasteiger partial charge in [-0.1, -0.05) is 24.8 Å². The maximum atomic E-state index is 13.3. The summed E-state index contributed by atoms with van der Waals surface area (Å²) in [6.07, 6.45) is 2.09. The molecule has 202 valence electrons. The molecule has 0 aliphatic carbocycles. The quantitative estimate of drug-likeness (QED) is 0.174. The zero-order chi connectivity index (χ0) is 28.3. The van der Waals surface area contributed by atoms with Gasteiger partial charge >= 0.3 is 5.97 Å². The van der Waals surface area contributed by atoms with Crippen molar-refractivity contribution in [1.82, 2.24) is 0 Å². The third-order valence-electron chi connectivity index (χ3n) is 5.80. The van der Waals surface area contributed by atoms with Crippen LogP contribution in [0.4, 0.5) is 0 Å². The third kappa shape index (κ3) is 6.36. The Morgan fingerprint density at radius 3 is 2.05 bits per heavy atom. The minimum atomic E-state index is -1.30. The minimum Gasteiger partial charge on any atom is -0.497 e. The molecule has 0 bridgehead atoms. The Labute approximate surface area is 259 Å². The second-order valence-electron chi connectivity index (χ2n) is 8.25. The van der Waals surface area contributed by atoms with E-state index in [-0.39, 0.29) is 5.57 Å². The normalized spacial score (nSPS) is 14.8. The number of hydrogen-bond acceptors (Lipinski definition) is 6. The topological polar surface area (TPSA) is 74.2 Å². The lowest BCUT2D eigenvalue weighted by molar-refractivity contribution is -0.134. The average molecular weight is 786 g/mol. The van der Waals surface area contributed by atoms with E-state index in [0.29, 0.717) is 64.2 Å². The van der Waals surface area contributed by atoms with Gasteiger partial charge in [0.25, 0.3) is 0 Å². The number of hydrogen-bond donors (Lipinski definition) is 1. The molecule has 0 radical (unpaired) electrons. The van der Waals surface area contributed by atoms with Crippen molar-refractivity contribution in [3.8, 4) is 17.2 Å². The zero-order valence-corrected chi connectivity index (χ0v) is 27.1. The molecule has 0 spiro atoms. The fourth-order valence-corrected chi connectivity index (χ4v) is 6.98. The maximum Gasteiger partial charge on any atom is 0.343 e. The summed E-state index contributed by atoms with van der Waals surface area (Å²) in [5.41, 5.74) is 2.42. The molecule has 39 heavy (non-hydrogen) atoms. The molecule has 6 nitrogen and oxygen atoms in total. The number of aliphatic hydroxyl groups is 1. The first-order valence-electron chi connectivity index (χ1n) is 11.4. The number of allylic oxidation sites excluding steroid dienone is 1. The Balaban J connectivity index is 1.92. The molecule has 10 heteroatoms. The van der Waals surface area contributed by atoms with Gasteiger partial charge in [0.2, 0.25) is 0 Å². The number of aliphatic hydroxyl groups excluding tert-OH is 1. The second kappa shape index (κ2) is 12.9. The first-order chi connectivity index (χ1) is 18.7. The van der Waals surface area contributed by atoms with Crippen LogP contribution in [-0.4, -0.2) is 31.9 Å². The number of cyclic esters (lactones) is 1. The predicted octanol–water partition coefficient (Wildman–Crippen LogP) is 8.40. The average Bonchev–Trinajstić information content (AvgIpc) is 3.23. The van der Waals surface area contributed by atoms with Crippen LogP contribution in [0.15, 0.2) is 90.4 Å². The number of carbonyl (C=O) groups is 1. The summed E-state index contributed by atoms with van der Waals surface area (Å²) in [4.78, 5) is 13.3. The lowest BCUT2D eigenvalue weighted by atomic mass is 9.92. The van der Waals surface area contributed by atoms with E-state index in [1.165, 1.54) is 0 Å². The number of halogens is 4. The maximum absolute atomic E-state index is 13.3. The highest BCUT2D eigenvalue weighted by Gasteiger charge is 2.37. The molecule has 0 aromatic heterocycles. The van der Waals surface area contributed by atoms with E-state index in [4.69, 9.17) is 18.9 Å². The molecule has 3 aromatic carbocycles. The molecule has 0 saturated heterocycles. The molecule has 1 aliphatic heterocycles. The first-order valence-corrected chi connectivity index (χ1v) is 14.6. The highest BCUT2D eigenvalue weighted by molar-refractivity contribution is 9.11. The fourth-order valence-electron chi connectivity index (χ4n) is 4.02. The number of rotatable bonds is 9. The number of methoxy groups -OCH3 is 2. The van der Waals surface area contributed by atoms with Crippen LogP contribution in [0.3, 0.4) is 0 Å². The summed E-state index contributed by atoms with van der Waals surface area (Å²) in [5.74, 6) is 1.49. The van der Waals surface area contributed by atoms with Crippen molar-refractivity contribution in [3.63, 3.8) is 0 Å². The van der Waals surface area contributed by atoms with Gasteiger partial charge in [-0.3, -0.25) is 0 Å². The van der Waals surface area contributed by atoms with Crippen LogP contribution in [0.1, 0.15) is 22.8 Å². The van der Waals surface area contributed by atoms with Gasteiger partial charge in [0.1, 0.15) is 35.7 Å². The Morgan fingerprint density at radius 2 is 1.51 bits per heavy atom. The van der Waals surface area contributed by atoms with Gasteiger partial charge < -0.3 is 24.1 Å². The second-order valence-corrected chi connectivity index (χ2v) is 11.7. The Kier molecular flexibility index (Phi) is 9.77. The fraction of sp³-hybridized carbons (Fsp3) is 0.138. The van der Waals surface area contributed by atoms with E-state index in [1.807, 2.05) is 36.4 Å². The minimum absolute atomic E-state index is 0.0947. The van der Waals surface area contributed by atoms with Crippen LogP contribution < -0.4 is 14.2 Å². The van der Waals surface area contributed by atoms with Gasteiger partial charge in [-0.05, 0) is 123 Å². The Hall–Kier alpha value is -2.37. The van der Waals surface area contributed by atoms with Crippen LogP contribution in [0.25, 0.3) is 11.6 Å².